The van der Waals surface area contributed by atoms with E-state index in [1.54, 1.807) is 25.3 Å². The fourth-order valence-corrected chi connectivity index (χ4v) is 4.61. The molecule has 1 fully saturated rings. The molecule has 4 rings (SSSR count). The standard InChI is InChI=1S/C28H32N2O6/c1-17-15-30(16-18(2)35-17)27(32)21-7-5-20(6-8-21)14-29-26(31)12-11-24-19(3)23-10-9-22(34-4)13-25(23)36-28(24)33/h5-10,13,17-18H,11-12,14-16H2,1-4H3,(H,29,31). The molecule has 2 unspecified atom stereocenters. The van der Waals surface area contributed by atoms with Crippen molar-refractivity contribution in [2.45, 2.75) is 52.4 Å². The largest absolute Gasteiger partial charge is 0.497 e. The van der Waals surface area contributed by atoms with Crippen molar-refractivity contribution >= 4 is 22.8 Å². The molecule has 3 aromatic rings. The fraction of sp³-hybridized carbons (Fsp3) is 0.393. The zero-order valence-corrected chi connectivity index (χ0v) is 21.1. The van der Waals surface area contributed by atoms with Crippen LogP contribution in [0.3, 0.4) is 0 Å². The maximum absolute atomic E-state index is 12.8. The van der Waals surface area contributed by atoms with Crippen molar-refractivity contribution in [2.24, 2.45) is 0 Å². The van der Waals surface area contributed by atoms with Crippen LogP contribution in [0.4, 0.5) is 0 Å². The monoisotopic (exact) mass is 492 g/mol. The minimum atomic E-state index is -0.439. The van der Waals surface area contributed by atoms with Gasteiger partial charge in [0.25, 0.3) is 5.91 Å². The average Bonchev–Trinajstić information content (AvgIpc) is 2.86. The zero-order valence-electron chi connectivity index (χ0n) is 21.1. The Hall–Kier alpha value is -3.65. The van der Waals surface area contributed by atoms with Crippen LogP contribution in [0.1, 0.15) is 47.3 Å². The van der Waals surface area contributed by atoms with Gasteiger partial charge in [-0.25, -0.2) is 4.79 Å². The SMILES string of the molecule is COc1ccc2c(C)c(CCC(=O)NCc3ccc(C(=O)N4CC(C)OC(C)C4)cc3)c(=O)oc2c1. The van der Waals surface area contributed by atoms with E-state index in [9.17, 15) is 14.4 Å². The van der Waals surface area contributed by atoms with Crippen LogP contribution in [0.2, 0.25) is 0 Å². The molecule has 2 aromatic carbocycles. The molecule has 1 aromatic heterocycles. The number of rotatable bonds is 7. The smallest absolute Gasteiger partial charge is 0.339 e. The maximum Gasteiger partial charge on any atom is 0.339 e. The summed E-state index contributed by atoms with van der Waals surface area (Å²) in [7, 11) is 1.55. The van der Waals surface area contributed by atoms with Crippen LogP contribution in [0.15, 0.2) is 51.7 Å². The van der Waals surface area contributed by atoms with Crippen molar-refractivity contribution < 1.29 is 23.5 Å². The number of hydrogen-bond donors (Lipinski definition) is 1. The molecular weight excluding hydrogens is 460 g/mol. The number of carbonyl (C=O) groups excluding carboxylic acids is 2. The molecule has 36 heavy (non-hydrogen) atoms. The number of methoxy groups -OCH3 is 1. The van der Waals surface area contributed by atoms with Gasteiger partial charge in [0, 0.05) is 48.6 Å². The van der Waals surface area contributed by atoms with Gasteiger partial charge in [-0.05, 0) is 62.6 Å². The molecular formula is C28H32N2O6. The van der Waals surface area contributed by atoms with Gasteiger partial charge in [-0.1, -0.05) is 12.1 Å². The Bertz CT molecular complexity index is 1300. The third-order valence-electron chi connectivity index (χ3n) is 6.49. The predicted molar refractivity (Wildman–Crippen MR) is 136 cm³/mol. The van der Waals surface area contributed by atoms with Gasteiger partial charge >= 0.3 is 5.63 Å². The van der Waals surface area contributed by atoms with Crippen molar-refractivity contribution in [1.29, 1.82) is 0 Å². The molecule has 0 bridgehead atoms. The van der Waals surface area contributed by atoms with E-state index in [1.165, 1.54) is 0 Å². The summed E-state index contributed by atoms with van der Waals surface area (Å²) in [6.45, 7) is 7.28. The minimum Gasteiger partial charge on any atom is -0.497 e. The lowest BCUT2D eigenvalue weighted by Gasteiger charge is -2.35. The zero-order chi connectivity index (χ0) is 25.8. The molecule has 0 saturated carbocycles. The van der Waals surface area contributed by atoms with Crippen LogP contribution in [-0.4, -0.2) is 49.1 Å². The first-order chi connectivity index (χ1) is 17.2. The topological polar surface area (TPSA) is 98.1 Å². The number of fused-ring (bicyclic) bond motifs is 1. The summed E-state index contributed by atoms with van der Waals surface area (Å²) in [6, 6.07) is 12.6. The number of morpholine rings is 1. The first-order valence-electron chi connectivity index (χ1n) is 12.2. The van der Waals surface area contributed by atoms with Crippen LogP contribution in [-0.2, 0) is 22.5 Å². The van der Waals surface area contributed by atoms with E-state index in [4.69, 9.17) is 13.9 Å². The summed E-state index contributed by atoms with van der Waals surface area (Å²) in [5, 5.41) is 3.70. The number of amides is 2. The Kier molecular flexibility index (Phi) is 7.74. The van der Waals surface area contributed by atoms with Gasteiger partial charge in [-0.2, -0.15) is 0 Å². The molecule has 8 nitrogen and oxygen atoms in total. The Labute approximate surface area is 210 Å². The summed E-state index contributed by atoms with van der Waals surface area (Å²) in [6.07, 6.45) is 0.476. The molecule has 8 heteroatoms. The van der Waals surface area contributed by atoms with Crippen LogP contribution in [0.25, 0.3) is 11.0 Å². The van der Waals surface area contributed by atoms with Gasteiger partial charge in [0.15, 0.2) is 0 Å². The van der Waals surface area contributed by atoms with Gasteiger partial charge < -0.3 is 24.1 Å². The number of hydrogen-bond acceptors (Lipinski definition) is 6. The van der Waals surface area contributed by atoms with Crippen LogP contribution in [0, 0.1) is 6.92 Å². The van der Waals surface area contributed by atoms with Crippen molar-refractivity contribution in [3.8, 4) is 5.75 Å². The Balaban J connectivity index is 1.32. The number of carbonyl (C=O) groups is 2. The molecule has 1 aliphatic rings. The van der Waals surface area contributed by atoms with Gasteiger partial charge in [0.05, 0.1) is 19.3 Å². The van der Waals surface area contributed by atoms with Crippen LogP contribution < -0.4 is 15.7 Å². The summed E-state index contributed by atoms with van der Waals surface area (Å²) in [5.74, 6) is 0.426. The maximum atomic E-state index is 12.8. The first kappa shape index (κ1) is 25.4. The molecule has 0 radical (unpaired) electrons. The van der Waals surface area contributed by atoms with Gasteiger partial charge in [0.1, 0.15) is 11.3 Å². The Morgan fingerprint density at radius 2 is 1.78 bits per heavy atom. The number of nitrogens with one attached hydrogen (secondary N) is 1. The van der Waals surface area contributed by atoms with E-state index in [0.717, 1.165) is 16.5 Å². The summed E-state index contributed by atoms with van der Waals surface area (Å²) in [4.78, 5) is 39.6. The van der Waals surface area contributed by atoms with Gasteiger partial charge in [-0.15, -0.1) is 0 Å². The molecule has 0 spiro atoms. The normalized spacial score (nSPS) is 17.7. The van der Waals surface area contributed by atoms with E-state index in [-0.39, 0.29) is 36.9 Å². The summed E-state index contributed by atoms with van der Waals surface area (Å²) >= 11 is 0. The minimum absolute atomic E-state index is 0.0143. The van der Waals surface area contributed by atoms with E-state index in [1.807, 2.05) is 49.9 Å². The lowest BCUT2D eigenvalue weighted by molar-refractivity contribution is -0.121. The molecule has 1 N–H and O–H groups in total. The predicted octanol–water partition coefficient (Wildman–Crippen LogP) is 3.61. The van der Waals surface area contributed by atoms with Crippen molar-refractivity contribution in [3.05, 3.63) is 75.1 Å². The van der Waals surface area contributed by atoms with Crippen molar-refractivity contribution in [1.82, 2.24) is 10.2 Å². The number of ether oxygens (including phenoxy) is 2. The second kappa shape index (κ2) is 11.0. The molecule has 0 aliphatic carbocycles. The average molecular weight is 493 g/mol. The van der Waals surface area contributed by atoms with Crippen molar-refractivity contribution in [2.75, 3.05) is 20.2 Å². The molecule has 2 atom stereocenters. The second-order valence-corrected chi connectivity index (χ2v) is 9.30. The lowest BCUT2D eigenvalue weighted by atomic mass is 10.0. The third-order valence-corrected chi connectivity index (χ3v) is 6.49. The van der Waals surface area contributed by atoms with Gasteiger partial charge in [-0.3, -0.25) is 9.59 Å². The fourth-order valence-electron chi connectivity index (χ4n) is 4.61. The highest BCUT2D eigenvalue weighted by molar-refractivity contribution is 5.94. The number of benzene rings is 2. The Morgan fingerprint density at radius 3 is 2.44 bits per heavy atom. The molecule has 1 aliphatic heterocycles. The van der Waals surface area contributed by atoms with E-state index < -0.39 is 5.63 Å². The van der Waals surface area contributed by atoms with E-state index in [2.05, 4.69) is 5.32 Å². The van der Waals surface area contributed by atoms with E-state index >= 15 is 0 Å². The molecule has 2 amide bonds. The van der Waals surface area contributed by atoms with Gasteiger partial charge in [0.2, 0.25) is 5.91 Å². The number of nitrogens with zero attached hydrogens (tertiary/aromatic N) is 1. The van der Waals surface area contributed by atoms with Crippen LogP contribution in [0.5, 0.6) is 5.75 Å². The second-order valence-electron chi connectivity index (χ2n) is 9.30. The molecule has 2 heterocycles. The quantitative estimate of drug-likeness (QED) is 0.506. The Morgan fingerprint density at radius 1 is 1.08 bits per heavy atom. The first-order valence-corrected chi connectivity index (χ1v) is 12.2. The molecule has 190 valence electrons. The van der Waals surface area contributed by atoms with Crippen LogP contribution >= 0.6 is 0 Å². The summed E-state index contributed by atoms with van der Waals surface area (Å²) in [5.41, 5.74) is 2.83. The highest BCUT2D eigenvalue weighted by atomic mass is 16.5. The summed E-state index contributed by atoms with van der Waals surface area (Å²) < 4.78 is 16.4. The van der Waals surface area contributed by atoms with Crippen molar-refractivity contribution in [3.63, 3.8) is 0 Å². The highest BCUT2D eigenvalue weighted by Crippen LogP contribution is 2.24. The third kappa shape index (κ3) is 5.76. The number of aryl methyl sites for hydroxylation is 1. The lowest BCUT2D eigenvalue weighted by Crippen LogP contribution is -2.48. The molecule has 1 saturated heterocycles. The van der Waals surface area contributed by atoms with E-state index in [0.29, 0.717) is 42.1 Å². The highest BCUT2D eigenvalue weighted by Gasteiger charge is 2.26.